The van der Waals surface area contributed by atoms with E-state index in [1.807, 2.05) is 44.2 Å². The average Bonchev–Trinajstić information content (AvgIpc) is 3.84. The molecule has 46 heavy (non-hydrogen) atoms. The van der Waals surface area contributed by atoms with Crippen LogP contribution >= 0.6 is 11.8 Å². The number of benzene rings is 1. The van der Waals surface area contributed by atoms with Crippen LogP contribution < -0.4 is 21.3 Å². The smallest absolute Gasteiger partial charge is 0.287 e. The number of aromatic amines is 1. The number of nitrogens with zero attached hydrogens (tertiary/aromatic N) is 3. The molecule has 1 aliphatic rings. The molecule has 0 fully saturated rings. The molecule has 0 saturated heterocycles. The van der Waals surface area contributed by atoms with Crippen LogP contribution in [0, 0.1) is 5.92 Å². The molecule has 4 amide bonds. The van der Waals surface area contributed by atoms with Gasteiger partial charge < -0.3 is 30.1 Å². The second kappa shape index (κ2) is 15.4. The van der Waals surface area contributed by atoms with Crippen LogP contribution in [0.5, 0.6) is 0 Å². The molecule has 14 nitrogen and oxygen atoms in total. The van der Waals surface area contributed by atoms with Crippen molar-refractivity contribution in [1.29, 1.82) is 0 Å². The number of H-pyrrole nitrogens is 1. The minimum absolute atomic E-state index is 0.0447. The highest BCUT2D eigenvalue weighted by atomic mass is 32.2. The number of carbonyl (C=O) groups excluding carboxylic acids is 4. The van der Waals surface area contributed by atoms with Crippen molar-refractivity contribution in [1.82, 2.24) is 41.4 Å². The molecule has 3 aromatic heterocycles. The molecule has 4 aromatic rings. The summed E-state index contributed by atoms with van der Waals surface area (Å²) in [6.45, 7) is 4.10. The summed E-state index contributed by atoms with van der Waals surface area (Å²) in [4.78, 5) is 61.9. The summed E-state index contributed by atoms with van der Waals surface area (Å²) < 4.78 is 11.3. The Labute approximate surface area is 269 Å². The molecule has 15 heteroatoms. The lowest BCUT2D eigenvalue weighted by atomic mass is 10.0. The number of furan rings is 1. The van der Waals surface area contributed by atoms with Crippen LogP contribution in [0.4, 0.5) is 0 Å². The summed E-state index contributed by atoms with van der Waals surface area (Å²) in [5.74, 6) is -0.913. The number of amides is 4. The highest BCUT2D eigenvalue weighted by molar-refractivity contribution is 7.98. The second-order valence-electron chi connectivity index (χ2n) is 11.2. The van der Waals surface area contributed by atoms with E-state index in [1.54, 1.807) is 12.1 Å². The molecular weight excluding hydrogens is 612 g/mol. The minimum Gasteiger partial charge on any atom is -0.455 e. The van der Waals surface area contributed by atoms with E-state index in [-0.39, 0.29) is 36.1 Å². The molecule has 0 radical (unpaired) electrons. The summed E-state index contributed by atoms with van der Waals surface area (Å²) in [6, 6.07) is 9.90. The Hall–Kier alpha value is -4.92. The number of nitrogens with one attached hydrogen (secondary N) is 5. The molecule has 0 saturated carbocycles. The molecule has 1 aromatic carbocycles. The Kier molecular flexibility index (Phi) is 10.9. The van der Waals surface area contributed by atoms with Crippen LogP contribution in [0.15, 0.2) is 69.0 Å². The third-order valence-corrected chi connectivity index (χ3v) is 8.26. The lowest BCUT2D eigenvalue weighted by Gasteiger charge is -2.26. The first kappa shape index (κ1) is 32.5. The average molecular weight is 649 g/mol. The number of hydrogen-bond donors (Lipinski definition) is 5. The predicted octanol–water partition coefficient (Wildman–Crippen LogP) is 2.93. The Morgan fingerprint density at radius 2 is 1.89 bits per heavy atom. The van der Waals surface area contributed by atoms with E-state index in [9.17, 15) is 19.2 Å². The van der Waals surface area contributed by atoms with E-state index in [1.165, 1.54) is 24.4 Å². The molecular formula is C31H36N8O6S. The second-order valence-corrected chi connectivity index (χ2v) is 12.1. The Morgan fingerprint density at radius 3 is 2.65 bits per heavy atom. The van der Waals surface area contributed by atoms with Crippen LogP contribution in [-0.4, -0.2) is 62.4 Å². The van der Waals surface area contributed by atoms with E-state index in [0.717, 1.165) is 5.56 Å². The van der Waals surface area contributed by atoms with Gasteiger partial charge in [0.2, 0.25) is 17.7 Å². The van der Waals surface area contributed by atoms with Crippen LogP contribution in [0.3, 0.4) is 0 Å². The zero-order valence-corrected chi connectivity index (χ0v) is 26.3. The lowest BCUT2D eigenvalue weighted by Crippen LogP contribution is -2.55. The summed E-state index contributed by atoms with van der Waals surface area (Å²) in [7, 11) is 0. The molecule has 2 bridgehead atoms. The first-order valence-electron chi connectivity index (χ1n) is 15.0. The van der Waals surface area contributed by atoms with Gasteiger partial charge >= 0.3 is 0 Å². The predicted molar refractivity (Wildman–Crippen MR) is 166 cm³/mol. The van der Waals surface area contributed by atoms with Gasteiger partial charge in [-0.1, -0.05) is 55.9 Å². The van der Waals surface area contributed by atoms with Crippen LogP contribution in [0.2, 0.25) is 0 Å². The maximum atomic E-state index is 13.8. The van der Waals surface area contributed by atoms with Crippen molar-refractivity contribution in [3.63, 3.8) is 0 Å². The lowest BCUT2D eigenvalue weighted by molar-refractivity contribution is -0.130. The highest BCUT2D eigenvalue weighted by Gasteiger charge is 2.32. The zero-order chi connectivity index (χ0) is 32.5. The van der Waals surface area contributed by atoms with E-state index in [0.29, 0.717) is 36.1 Å². The van der Waals surface area contributed by atoms with Gasteiger partial charge in [-0.3, -0.25) is 24.3 Å². The molecule has 0 spiro atoms. The van der Waals surface area contributed by atoms with Gasteiger partial charge in [-0.2, -0.15) is 5.10 Å². The van der Waals surface area contributed by atoms with Crippen molar-refractivity contribution in [3.05, 3.63) is 83.7 Å². The van der Waals surface area contributed by atoms with Crippen LogP contribution in [-0.2, 0) is 21.8 Å². The molecule has 5 N–H and O–H groups in total. The maximum Gasteiger partial charge on any atom is 0.287 e. The first-order valence-corrected chi connectivity index (χ1v) is 16.0. The van der Waals surface area contributed by atoms with Crippen molar-refractivity contribution in [2.24, 2.45) is 5.92 Å². The van der Waals surface area contributed by atoms with Gasteiger partial charge in [0.25, 0.3) is 11.8 Å². The fourth-order valence-electron chi connectivity index (χ4n) is 4.88. The molecule has 4 heterocycles. The number of carbonyl (C=O) groups is 4. The monoisotopic (exact) mass is 648 g/mol. The van der Waals surface area contributed by atoms with Crippen molar-refractivity contribution >= 4 is 35.4 Å². The van der Waals surface area contributed by atoms with E-state index >= 15 is 0 Å². The number of oxazole rings is 1. The maximum absolute atomic E-state index is 13.8. The van der Waals surface area contributed by atoms with Crippen molar-refractivity contribution in [2.45, 2.75) is 68.6 Å². The summed E-state index contributed by atoms with van der Waals surface area (Å²) >= 11 is 1.36. The van der Waals surface area contributed by atoms with E-state index < -0.39 is 41.8 Å². The van der Waals surface area contributed by atoms with Crippen molar-refractivity contribution < 1.29 is 28.0 Å². The first-order chi connectivity index (χ1) is 22.3. The quantitative estimate of drug-likeness (QED) is 0.177. The summed E-state index contributed by atoms with van der Waals surface area (Å²) in [6.07, 6.45) is 4.15. The molecule has 5 rings (SSSR count). The molecule has 3 atom stereocenters. The van der Waals surface area contributed by atoms with Crippen molar-refractivity contribution in [3.8, 4) is 0 Å². The Morgan fingerprint density at radius 1 is 1.07 bits per heavy atom. The van der Waals surface area contributed by atoms with Gasteiger partial charge in [-0.15, -0.1) is 0 Å². The van der Waals surface area contributed by atoms with Gasteiger partial charge in [-0.05, 0) is 42.9 Å². The van der Waals surface area contributed by atoms with Crippen molar-refractivity contribution in [2.75, 3.05) is 6.54 Å². The van der Waals surface area contributed by atoms with E-state index in [4.69, 9.17) is 8.83 Å². The third kappa shape index (κ3) is 8.62. The van der Waals surface area contributed by atoms with Crippen LogP contribution in [0.25, 0.3) is 0 Å². The normalized spacial score (nSPS) is 19.7. The highest BCUT2D eigenvalue weighted by Crippen LogP contribution is 2.23. The molecule has 0 unspecified atom stereocenters. The Bertz CT molecular complexity index is 1620. The van der Waals surface area contributed by atoms with E-state index in [2.05, 4.69) is 41.4 Å². The van der Waals surface area contributed by atoms with Gasteiger partial charge in [0, 0.05) is 13.0 Å². The number of thioether (sulfide) groups is 1. The minimum atomic E-state index is -0.982. The molecule has 242 valence electrons. The summed E-state index contributed by atoms with van der Waals surface area (Å²) in [5, 5.41) is 18.6. The number of aromatic nitrogens is 4. The number of hydrogen-bond acceptors (Lipinski definition) is 10. The molecule has 0 aliphatic carbocycles. The van der Waals surface area contributed by atoms with Gasteiger partial charge in [0.05, 0.1) is 5.75 Å². The van der Waals surface area contributed by atoms with Gasteiger partial charge in [0.1, 0.15) is 36.5 Å². The number of rotatable bonds is 8. The van der Waals surface area contributed by atoms with Gasteiger partial charge in [0.15, 0.2) is 16.6 Å². The van der Waals surface area contributed by atoms with Gasteiger partial charge in [-0.25, -0.2) is 9.97 Å². The summed E-state index contributed by atoms with van der Waals surface area (Å²) in [5.41, 5.74) is 0.943. The SMILES string of the molecule is CC(C)[C@@H]1NC(=O)[C@H](Cc2ccccc2)NC(=O)[C@@H](NC(=O)c2ccc(CSc3ncn[nH]3)o2)CCCCNC(=O)c2coc1n2. The molecule has 1 aliphatic heterocycles. The third-order valence-electron chi connectivity index (χ3n) is 7.36. The Balaban J connectivity index is 1.35. The fourth-order valence-corrected chi connectivity index (χ4v) is 5.55. The van der Waals surface area contributed by atoms with Crippen LogP contribution in [0.1, 0.15) is 77.4 Å². The number of fused-ring (bicyclic) bond motifs is 2. The topological polar surface area (TPSA) is 197 Å². The largest absolute Gasteiger partial charge is 0.455 e. The standard InChI is InChI=1S/C31H36N8O6S/c1-18(2)25-30-37-23(15-44-30)26(40)32-13-7-6-10-21(27(41)36-22(28(42)38-25)14-19-8-4-3-5-9-19)35-29(43)24-12-11-20(45-24)16-46-31-33-17-34-39-31/h3-5,8-9,11-12,15,17-18,21-22,25H,6-7,10,13-14,16H2,1-2H3,(H,32,40)(H,35,43)(H,36,41)(H,38,42)(H,33,34,39)/t21-,22-,25-/m0/s1. The zero-order valence-electron chi connectivity index (χ0n) is 25.4. The fraction of sp³-hybridized carbons (Fsp3) is 0.387.